The van der Waals surface area contributed by atoms with Crippen LogP contribution in [0.2, 0.25) is 5.02 Å². The third-order valence-electron chi connectivity index (χ3n) is 2.56. The van der Waals surface area contributed by atoms with Crippen LogP contribution in [0.5, 0.6) is 5.75 Å². The number of nitrogens with zero attached hydrogens (tertiary/aromatic N) is 1. The van der Waals surface area contributed by atoms with E-state index in [0.29, 0.717) is 5.69 Å². The molecule has 7 heteroatoms. The Morgan fingerprint density at radius 1 is 1.32 bits per heavy atom. The van der Waals surface area contributed by atoms with Crippen LogP contribution in [-0.4, -0.2) is 40.1 Å². The lowest BCUT2D eigenvalue weighted by Crippen LogP contribution is -2.34. The number of carbonyl (C=O) groups is 2. The zero-order valence-electron chi connectivity index (χ0n) is 9.76. The molecule has 0 saturated carbocycles. The third-order valence-corrected chi connectivity index (χ3v) is 2.87. The number of benzene rings is 1. The molecular weight excluding hydrogens is 272 g/mol. The van der Waals surface area contributed by atoms with Gasteiger partial charge in [0, 0.05) is 12.1 Å². The van der Waals surface area contributed by atoms with Crippen molar-refractivity contribution in [1.82, 2.24) is 4.90 Å². The van der Waals surface area contributed by atoms with Crippen LogP contribution >= 0.6 is 11.6 Å². The summed E-state index contributed by atoms with van der Waals surface area (Å²) in [6, 6.07) is 4.21. The first-order valence-electron chi connectivity index (χ1n) is 5.47. The van der Waals surface area contributed by atoms with Crippen LogP contribution in [0.25, 0.3) is 0 Å². The van der Waals surface area contributed by atoms with Crippen molar-refractivity contribution in [1.29, 1.82) is 0 Å². The van der Waals surface area contributed by atoms with Gasteiger partial charge < -0.3 is 15.5 Å². The van der Waals surface area contributed by atoms with Crippen molar-refractivity contribution in [2.75, 3.05) is 18.5 Å². The van der Waals surface area contributed by atoms with Gasteiger partial charge in [0.05, 0.1) is 23.9 Å². The zero-order chi connectivity index (χ0) is 14.0. The van der Waals surface area contributed by atoms with Crippen molar-refractivity contribution in [3.8, 4) is 5.75 Å². The first-order valence-corrected chi connectivity index (χ1v) is 5.84. The Morgan fingerprint density at radius 2 is 2.05 bits per heavy atom. The fourth-order valence-electron chi connectivity index (χ4n) is 1.66. The molecule has 0 saturated heterocycles. The molecule has 1 aliphatic rings. The van der Waals surface area contributed by atoms with Crippen molar-refractivity contribution in [3.05, 3.63) is 35.0 Å². The first-order chi connectivity index (χ1) is 9.02. The minimum Gasteiger partial charge on any atom is -0.508 e. The molecule has 0 unspecified atom stereocenters. The predicted molar refractivity (Wildman–Crippen MR) is 68.6 cm³/mol. The topological polar surface area (TPSA) is 89.9 Å². The van der Waals surface area contributed by atoms with Gasteiger partial charge >= 0.3 is 0 Å². The van der Waals surface area contributed by atoms with Crippen molar-refractivity contribution in [2.45, 2.75) is 0 Å². The summed E-state index contributed by atoms with van der Waals surface area (Å²) in [6.45, 7) is -0.346. The number of imide groups is 1. The van der Waals surface area contributed by atoms with Crippen LogP contribution in [0.15, 0.2) is 30.0 Å². The van der Waals surface area contributed by atoms with Crippen molar-refractivity contribution in [2.24, 2.45) is 0 Å². The molecule has 0 aliphatic carbocycles. The summed E-state index contributed by atoms with van der Waals surface area (Å²) < 4.78 is 0. The van der Waals surface area contributed by atoms with Gasteiger partial charge in [0.2, 0.25) is 0 Å². The molecule has 0 aromatic heterocycles. The quantitative estimate of drug-likeness (QED) is 0.559. The van der Waals surface area contributed by atoms with Gasteiger partial charge in [0.25, 0.3) is 11.8 Å². The standard InChI is InChI=1S/C12H11ClN2O4/c13-8-5-7(17)1-2-9(8)14-10-6-11(18)15(3-4-16)12(10)19/h1-2,5-6,14,16-17H,3-4H2. The molecule has 19 heavy (non-hydrogen) atoms. The van der Waals surface area contributed by atoms with Crippen LogP contribution in [0, 0.1) is 0 Å². The van der Waals surface area contributed by atoms with Gasteiger partial charge in [-0.05, 0) is 12.1 Å². The van der Waals surface area contributed by atoms with E-state index in [4.69, 9.17) is 16.7 Å². The van der Waals surface area contributed by atoms with E-state index in [9.17, 15) is 14.7 Å². The second kappa shape index (κ2) is 5.29. The van der Waals surface area contributed by atoms with E-state index < -0.39 is 11.8 Å². The maximum atomic E-state index is 11.9. The molecular formula is C12H11ClN2O4. The maximum Gasteiger partial charge on any atom is 0.277 e. The monoisotopic (exact) mass is 282 g/mol. The Kier molecular flexibility index (Phi) is 3.73. The zero-order valence-corrected chi connectivity index (χ0v) is 10.5. The molecule has 3 N–H and O–H groups in total. The van der Waals surface area contributed by atoms with Crippen molar-refractivity contribution < 1.29 is 19.8 Å². The van der Waals surface area contributed by atoms with Gasteiger partial charge in [-0.25, -0.2) is 0 Å². The summed E-state index contributed by atoms with van der Waals surface area (Å²) in [5.74, 6) is -1.01. The number of hydrogen-bond donors (Lipinski definition) is 3. The summed E-state index contributed by atoms with van der Waals surface area (Å²) in [5.41, 5.74) is 0.476. The molecule has 0 radical (unpaired) electrons. The van der Waals surface area contributed by atoms with Gasteiger partial charge in [-0.1, -0.05) is 11.6 Å². The Morgan fingerprint density at radius 3 is 2.68 bits per heavy atom. The number of phenols is 1. The Balaban J connectivity index is 2.18. The van der Waals surface area contributed by atoms with E-state index in [1.807, 2.05) is 0 Å². The average Bonchev–Trinajstić information content (AvgIpc) is 2.61. The van der Waals surface area contributed by atoms with Crippen LogP contribution in [-0.2, 0) is 9.59 Å². The van der Waals surface area contributed by atoms with E-state index in [1.165, 1.54) is 18.2 Å². The largest absolute Gasteiger partial charge is 0.508 e. The maximum absolute atomic E-state index is 11.9. The van der Waals surface area contributed by atoms with Crippen LogP contribution in [0.4, 0.5) is 5.69 Å². The molecule has 0 bridgehead atoms. The lowest BCUT2D eigenvalue weighted by molar-refractivity contribution is -0.137. The number of aliphatic hydroxyl groups is 1. The molecule has 6 nitrogen and oxygen atoms in total. The van der Waals surface area contributed by atoms with Crippen LogP contribution in [0.3, 0.4) is 0 Å². The van der Waals surface area contributed by atoms with E-state index in [0.717, 1.165) is 11.0 Å². The smallest absolute Gasteiger partial charge is 0.277 e. The van der Waals surface area contributed by atoms with E-state index >= 15 is 0 Å². The highest BCUT2D eigenvalue weighted by Gasteiger charge is 2.30. The first kappa shape index (κ1) is 13.4. The molecule has 0 spiro atoms. The van der Waals surface area contributed by atoms with Crippen molar-refractivity contribution >= 4 is 29.1 Å². The highest BCUT2D eigenvalue weighted by atomic mass is 35.5. The van der Waals surface area contributed by atoms with Gasteiger partial charge in [-0.3, -0.25) is 14.5 Å². The number of β-amino-alcohol motifs (C(OH)–C–C–N with tert-alkyl or cyclic N) is 1. The third kappa shape index (κ3) is 2.69. The summed E-state index contributed by atoms with van der Waals surface area (Å²) in [6.07, 6.45) is 1.14. The van der Waals surface area contributed by atoms with Gasteiger partial charge in [-0.2, -0.15) is 0 Å². The fraction of sp³-hybridized carbons (Fsp3) is 0.167. The molecule has 1 aliphatic heterocycles. The number of anilines is 1. The summed E-state index contributed by atoms with van der Waals surface area (Å²) in [4.78, 5) is 24.3. The Labute approximate surface area is 113 Å². The van der Waals surface area contributed by atoms with Gasteiger partial charge in [-0.15, -0.1) is 0 Å². The van der Waals surface area contributed by atoms with Gasteiger partial charge in [0.15, 0.2) is 0 Å². The second-order valence-corrected chi connectivity index (χ2v) is 4.27. The highest BCUT2D eigenvalue weighted by molar-refractivity contribution is 6.33. The van der Waals surface area contributed by atoms with E-state index in [2.05, 4.69) is 5.32 Å². The number of aromatic hydroxyl groups is 1. The highest BCUT2D eigenvalue weighted by Crippen LogP contribution is 2.28. The molecule has 2 rings (SSSR count). The van der Waals surface area contributed by atoms with E-state index in [-0.39, 0.29) is 29.6 Å². The summed E-state index contributed by atoms with van der Waals surface area (Å²) >= 11 is 5.89. The SMILES string of the molecule is O=C1C=C(Nc2ccc(O)cc2Cl)C(=O)N1CCO. The number of nitrogens with one attached hydrogen (secondary N) is 1. The van der Waals surface area contributed by atoms with Gasteiger partial charge in [0.1, 0.15) is 11.4 Å². The van der Waals surface area contributed by atoms with Crippen LogP contribution in [0.1, 0.15) is 0 Å². The minimum absolute atomic E-state index is 0.000242. The Hall–Kier alpha value is -2.05. The summed E-state index contributed by atoms with van der Waals surface area (Å²) in [5, 5.41) is 20.9. The predicted octanol–water partition coefficient (Wildman–Crippen LogP) is 0.702. The molecule has 100 valence electrons. The molecule has 0 fully saturated rings. The van der Waals surface area contributed by atoms with E-state index in [1.54, 1.807) is 0 Å². The molecule has 1 heterocycles. The van der Waals surface area contributed by atoms with Crippen LogP contribution < -0.4 is 5.32 Å². The minimum atomic E-state index is -0.525. The number of amides is 2. The number of carbonyl (C=O) groups excluding carboxylic acids is 2. The lowest BCUT2D eigenvalue weighted by atomic mass is 10.3. The number of rotatable bonds is 4. The fourth-order valence-corrected chi connectivity index (χ4v) is 1.88. The Bertz CT molecular complexity index is 571. The molecule has 1 aromatic carbocycles. The normalized spacial score (nSPS) is 14.8. The molecule has 2 amide bonds. The van der Waals surface area contributed by atoms with Crippen molar-refractivity contribution in [3.63, 3.8) is 0 Å². The molecule has 1 aromatic rings. The lowest BCUT2D eigenvalue weighted by Gasteiger charge is -2.13. The second-order valence-electron chi connectivity index (χ2n) is 3.87. The molecule has 0 atom stereocenters. The number of phenolic OH excluding ortho intramolecular Hbond substituents is 1. The number of aliphatic hydroxyl groups excluding tert-OH is 1. The summed E-state index contributed by atoms with van der Waals surface area (Å²) in [7, 11) is 0. The number of halogens is 1. The average molecular weight is 283 g/mol. The number of hydrogen-bond acceptors (Lipinski definition) is 5.